The van der Waals surface area contributed by atoms with Crippen LogP contribution in [0.25, 0.3) is 0 Å². The number of hydrogen-bond acceptors (Lipinski definition) is 3. The quantitative estimate of drug-likeness (QED) is 0.616. The van der Waals surface area contributed by atoms with Gasteiger partial charge in [-0.2, -0.15) is 0 Å². The number of hydrogen-bond donors (Lipinski definition) is 1. The van der Waals surface area contributed by atoms with Gasteiger partial charge in [-0.25, -0.2) is 4.39 Å². The Hall–Kier alpha value is -2.49. The Balaban J connectivity index is 2.08. The Morgan fingerprint density at radius 1 is 1.36 bits per heavy atom. The topological polar surface area (TPSA) is 18.5 Å². The van der Waals surface area contributed by atoms with Crippen LogP contribution in [0.5, 0.6) is 0 Å². The molecule has 0 aliphatic carbocycles. The lowest BCUT2D eigenvalue weighted by molar-refractivity contribution is 0.127. The maximum absolute atomic E-state index is 14.3. The van der Waals surface area contributed by atoms with Gasteiger partial charge in [0.2, 0.25) is 0 Å². The van der Waals surface area contributed by atoms with Crippen molar-refractivity contribution in [2.75, 3.05) is 19.6 Å². The van der Waals surface area contributed by atoms with E-state index in [0.717, 1.165) is 38.4 Å². The molecule has 1 aliphatic rings. The molecule has 28 heavy (non-hydrogen) atoms. The van der Waals surface area contributed by atoms with E-state index < -0.39 is 0 Å². The first-order valence-electron chi connectivity index (χ1n) is 10.2. The summed E-state index contributed by atoms with van der Waals surface area (Å²) in [4.78, 5) is 4.51. The lowest BCUT2D eigenvalue weighted by Gasteiger charge is -2.44. The summed E-state index contributed by atoms with van der Waals surface area (Å²) in [7, 11) is 0. The Morgan fingerprint density at radius 3 is 2.75 bits per heavy atom. The molecule has 1 unspecified atom stereocenters. The largest absolute Gasteiger partial charge is 0.368 e. The Kier molecular flexibility index (Phi) is 8.37. The van der Waals surface area contributed by atoms with Crippen molar-refractivity contribution in [3.63, 3.8) is 0 Å². The van der Waals surface area contributed by atoms with Crippen molar-refractivity contribution in [2.45, 2.75) is 46.7 Å². The smallest absolute Gasteiger partial charge is 0.142 e. The minimum atomic E-state index is -0.192. The van der Waals surface area contributed by atoms with Gasteiger partial charge in [-0.3, -0.25) is 0 Å². The number of nitrogens with zero attached hydrogens (tertiary/aromatic N) is 2. The van der Waals surface area contributed by atoms with Gasteiger partial charge < -0.3 is 15.1 Å². The molecule has 1 fully saturated rings. The van der Waals surface area contributed by atoms with E-state index in [1.165, 1.54) is 17.2 Å². The van der Waals surface area contributed by atoms with E-state index in [1.807, 2.05) is 0 Å². The number of halogens is 1. The maximum atomic E-state index is 14.3. The summed E-state index contributed by atoms with van der Waals surface area (Å²) in [6.07, 6.45) is 8.14. The molecule has 0 amide bonds. The van der Waals surface area contributed by atoms with Crippen LogP contribution in [0.1, 0.15) is 38.3 Å². The zero-order valence-electron chi connectivity index (χ0n) is 17.7. The van der Waals surface area contributed by atoms with Crippen LogP contribution in [-0.4, -0.2) is 35.5 Å². The zero-order valence-corrected chi connectivity index (χ0v) is 17.7. The second-order valence-electron chi connectivity index (χ2n) is 7.25. The van der Waals surface area contributed by atoms with Crippen LogP contribution in [0.3, 0.4) is 0 Å². The van der Waals surface area contributed by atoms with Crippen LogP contribution in [0.2, 0.25) is 0 Å². The van der Waals surface area contributed by atoms with Crippen LogP contribution in [0.4, 0.5) is 4.39 Å². The van der Waals surface area contributed by atoms with Crippen molar-refractivity contribution in [3.8, 4) is 0 Å². The van der Waals surface area contributed by atoms with Crippen molar-refractivity contribution in [1.29, 1.82) is 0 Å². The molecule has 2 rings (SSSR count). The number of aryl methyl sites for hydroxylation is 1. The summed E-state index contributed by atoms with van der Waals surface area (Å²) >= 11 is 0. The van der Waals surface area contributed by atoms with Gasteiger partial charge in [0, 0.05) is 32.2 Å². The molecule has 3 nitrogen and oxygen atoms in total. The van der Waals surface area contributed by atoms with Crippen molar-refractivity contribution >= 4 is 0 Å². The van der Waals surface area contributed by atoms with Gasteiger partial charge in [0.15, 0.2) is 0 Å². The third-order valence-electron chi connectivity index (χ3n) is 5.01. The molecule has 1 heterocycles. The predicted octanol–water partition coefficient (Wildman–Crippen LogP) is 5.29. The molecule has 1 saturated heterocycles. The van der Waals surface area contributed by atoms with E-state index in [0.29, 0.717) is 5.70 Å². The van der Waals surface area contributed by atoms with E-state index in [2.05, 4.69) is 72.8 Å². The van der Waals surface area contributed by atoms with Crippen molar-refractivity contribution in [1.82, 2.24) is 15.1 Å². The molecule has 1 N–H and O–H groups in total. The fourth-order valence-electron chi connectivity index (χ4n) is 3.63. The predicted molar refractivity (Wildman–Crippen MR) is 117 cm³/mol. The molecule has 1 aromatic carbocycles. The zero-order chi connectivity index (χ0) is 20.5. The summed E-state index contributed by atoms with van der Waals surface area (Å²) in [5.74, 6) is 0.972. The average Bonchev–Trinajstić information content (AvgIpc) is 2.69. The van der Waals surface area contributed by atoms with Crippen molar-refractivity contribution in [3.05, 3.63) is 83.6 Å². The van der Waals surface area contributed by atoms with E-state index in [9.17, 15) is 4.39 Å². The van der Waals surface area contributed by atoms with Crippen LogP contribution in [0.15, 0.2) is 72.5 Å². The molecule has 1 atom stereocenters. The molecule has 1 aromatic rings. The van der Waals surface area contributed by atoms with Crippen LogP contribution < -0.4 is 5.32 Å². The lowest BCUT2D eigenvalue weighted by Crippen LogP contribution is -2.52. The average molecular weight is 384 g/mol. The number of piperazine rings is 1. The van der Waals surface area contributed by atoms with E-state index >= 15 is 0 Å². The second kappa shape index (κ2) is 10.7. The fraction of sp³-hybridized carbons (Fsp3) is 0.417. The summed E-state index contributed by atoms with van der Waals surface area (Å²) < 4.78 is 14.3. The third kappa shape index (κ3) is 5.75. The summed E-state index contributed by atoms with van der Waals surface area (Å²) in [5.41, 5.74) is 3.17. The maximum Gasteiger partial charge on any atom is 0.142 e. The Labute approximate surface area is 169 Å². The van der Waals surface area contributed by atoms with Gasteiger partial charge in [0.25, 0.3) is 0 Å². The van der Waals surface area contributed by atoms with Gasteiger partial charge in [-0.05, 0) is 51.0 Å². The molecular formula is C24H34FN3. The summed E-state index contributed by atoms with van der Waals surface area (Å²) in [6.45, 7) is 15.1. The Bertz CT molecular complexity index is 748. The third-order valence-corrected chi connectivity index (χ3v) is 5.01. The number of nitrogens with one attached hydrogen (secondary N) is 1. The fourth-order valence-corrected chi connectivity index (χ4v) is 3.63. The van der Waals surface area contributed by atoms with Gasteiger partial charge in [-0.15, -0.1) is 0 Å². The van der Waals surface area contributed by atoms with Gasteiger partial charge in [0.05, 0.1) is 11.5 Å². The minimum absolute atomic E-state index is 0.192. The highest BCUT2D eigenvalue weighted by atomic mass is 19.1. The monoisotopic (exact) mass is 383 g/mol. The molecule has 0 bridgehead atoms. The molecule has 4 heteroatoms. The highest BCUT2D eigenvalue weighted by Crippen LogP contribution is 2.23. The molecule has 152 valence electrons. The van der Waals surface area contributed by atoms with Gasteiger partial charge >= 0.3 is 0 Å². The number of allylic oxidation sites excluding steroid dienone is 5. The van der Waals surface area contributed by atoms with Crippen molar-refractivity contribution in [2.24, 2.45) is 0 Å². The Morgan fingerprint density at radius 2 is 2.14 bits per heavy atom. The first-order valence-corrected chi connectivity index (χ1v) is 10.2. The van der Waals surface area contributed by atoms with Gasteiger partial charge in [-0.1, -0.05) is 49.4 Å². The molecule has 0 spiro atoms. The van der Waals surface area contributed by atoms with Crippen LogP contribution in [0, 0.1) is 6.92 Å². The molecular weight excluding hydrogens is 349 g/mol. The molecule has 1 aliphatic heterocycles. The highest BCUT2D eigenvalue weighted by Gasteiger charge is 2.27. The van der Waals surface area contributed by atoms with E-state index in [1.54, 1.807) is 19.1 Å². The lowest BCUT2D eigenvalue weighted by atomic mass is 10.1. The second-order valence-corrected chi connectivity index (χ2v) is 7.25. The van der Waals surface area contributed by atoms with Crippen molar-refractivity contribution < 1.29 is 4.39 Å². The van der Waals surface area contributed by atoms with Gasteiger partial charge in [0.1, 0.15) is 5.83 Å². The number of rotatable bonds is 8. The molecule has 0 radical (unpaired) electrons. The summed E-state index contributed by atoms with van der Waals surface area (Å²) in [5, 5.41) is 3.62. The first-order chi connectivity index (χ1) is 13.5. The highest BCUT2D eigenvalue weighted by molar-refractivity contribution is 5.28. The molecule has 0 aromatic heterocycles. The first kappa shape index (κ1) is 21.8. The minimum Gasteiger partial charge on any atom is -0.368 e. The molecule has 0 saturated carbocycles. The normalized spacial score (nSPS) is 19.0. The summed E-state index contributed by atoms with van der Waals surface area (Å²) in [6, 6.07) is 8.85. The van der Waals surface area contributed by atoms with E-state index in [4.69, 9.17) is 0 Å². The SMILES string of the molecule is C=C/C=C(\C(F)=C/C)N1CCN(/C(=C\CC)NCc2cccc(C)c2)C(C)C1. The number of benzene rings is 1. The standard InChI is InChI=1S/C24H34FN3/c1-6-10-23(22(25)8-3)27-14-15-28(20(5)18-27)24(11-7-2)26-17-21-13-9-12-19(4)16-21/h6,8-13,16,20,26H,1,7,14-15,17-18H2,2-5H3/b22-8+,23-10+,24-11-. The van der Waals surface area contributed by atoms with Crippen LogP contribution >= 0.6 is 0 Å². The van der Waals surface area contributed by atoms with Crippen LogP contribution in [-0.2, 0) is 6.54 Å². The van der Waals surface area contributed by atoms with E-state index in [-0.39, 0.29) is 11.9 Å².